The highest BCUT2D eigenvalue weighted by Gasteiger charge is 1.98. The van der Waals surface area contributed by atoms with E-state index in [0.29, 0.717) is 5.92 Å². The maximum atomic E-state index is 8.78. The van der Waals surface area contributed by atoms with Crippen LogP contribution in [0.4, 0.5) is 4.79 Å². The quantitative estimate of drug-likeness (QED) is 0.521. The lowest BCUT2D eigenvalue weighted by atomic mass is 10.1. The number of hydrogen-bond donors (Lipinski definition) is 3. The van der Waals surface area contributed by atoms with Gasteiger partial charge in [0.2, 0.25) is 0 Å². The molecule has 0 aliphatic heterocycles. The van der Waals surface area contributed by atoms with Gasteiger partial charge in [0.15, 0.2) is 0 Å². The predicted octanol–water partition coefficient (Wildman–Crippen LogP) is 0.779. The van der Waals surface area contributed by atoms with Crippen molar-refractivity contribution in [3.8, 4) is 0 Å². The van der Waals surface area contributed by atoms with Gasteiger partial charge >= 0.3 is 6.09 Å². The number of carboxylic acid groups (broad SMARTS) is 1. The van der Waals surface area contributed by atoms with Crippen molar-refractivity contribution in [3.05, 3.63) is 12.7 Å². The van der Waals surface area contributed by atoms with Crippen LogP contribution < -0.4 is 11.5 Å². The monoisotopic (exact) mass is 160 g/mol. The molecule has 0 saturated carbocycles. The van der Waals surface area contributed by atoms with Gasteiger partial charge in [0.05, 0.1) is 0 Å². The van der Waals surface area contributed by atoms with Gasteiger partial charge in [-0.1, -0.05) is 19.9 Å². The van der Waals surface area contributed by atoms with E-state index in [1.54, 1.807) is 6.08 Å². The molecule has 0 fully saturated rings. The molecule has 0 aliphatic carbocycles. The molecule has 0 aromatic carbocycles. The van der Waals surface area contributed by atoms with Crippen LogP contribution in [0.15, 0.2) is 12.7 Å². The third-order valence-electron chi connectivity index (χ3n) is 1.04. The van der Waals surface area contributed by atoms with Crippen LogP contribution in [0.3, 0.4) is 0 Å². The van der Waals surface area contributed by atoms with Crippen LogP contribution in [0.1, 0.15) is 13.8 Å². The van der Waals surface area contributed by atoms with Crippen LogP contribution in [-0.2, 0) is 0 Å². The summed E-state index contributed by atoms with van der Waals surface area (Å²) >= 11 is 0. The van der Waals surface area contributed by atoms with Crippen LogP contribution in [-0.4, -0.2) is 17.2 Å². The van der Waals surface area contributed by atoms with Gasteiger partial charge in [0, 0.05) is 6.04 Å². The molecule has 0 rings (SSSR count). The SMILES string of the molecule is C=CC(N)C(C)C.NC(=O)O. The molecule has 0 spiro atoms. The Hall–Kier alpha value is -1.03. The van der Waals surface area contributed by atoms with Gasteiger partial charge in [-0.25, -0.2) is 4.79 Å². The summed E-state index contributed by atoms with van der Waals surface area (Å²) in [5.74, 6) is 0.525. The summed E-state index contributed by atoms with van der Waals surface area (Å²) < 4.78 is 0. The topological polar surface area (TPSA) is 89.3 Å². The predicted molar refractivity (Wildman–Crippen MR) is 45.2 cm³/mol. The van der Waals surface area contributed by atoms with Crippen LogP contribution in [0.5, 0.6) is 0 Å². The Balaban J connectivity index is 0. The number of carbonyl (C=O) groups is 1. The minimum Gasteiger partial charge on any atom is -0.465 e. The molecular weight excluding hydrogens is 144 g/mol. The lowest BCUT2D eigenvalue weighted by Crippen LogP contribution is -2.22. The van der Waals surface area contributed by atoms with Gasteiger partial charge in [-0.3, -0.25) is 0 Å². The molecule has 4 heteroatoms. The summed E-state index contributed by atoms with van der Waals surface area (Å²) in [6.45, 7) is 7.71. The van der Waals surface area contributed by atoms with Crippen molar-refractivity contribution in [1.29, 1.82) is 0 Å². The van der Waals surface area contributed by atoms with Gasteiger partial charge in [0.25, 0.3) is 0 Å². The second-order valence-electron chi connectivity index (χ2n) is 2.40. The van der Waals surface area contributed by atoms with Crippen molar-refractivity contribution in [1.82, 2.24) is 0 Å². The largest absolute Gasteiger partial charge is 0.465 e. The molecule has 0 saturated heterocycles. The molecule has 0 heterocycles. The zero-order valence-electron chi connectivity index (χ0n) is 6.95. The maximum absolute atomic E-state index is 8.78. The first-order valence-corrected chi connectivity index (χ1v) is 3.28. The lowest BCUT2D eigenvalue weighted by molar-refractivity contribution is 0.205. The minimum atomic E-state index is -1.33. The van der Waals surface area contributed by atoms with E-state index in [1.165, 1.54) is 0 Å². The van der Waals surface area contributed by atoms with Crippen LogP contribution >= 0.6 is 0 Å². The third-order valence-corrected chi connectivity index (χ3v) is 1.04. The molecule has 11 heavy (non-hydrogen) atoms. The van der Waals surface area contributed by atoms with Crippen LogP contribution in [0.25, 0.3) is 0 Å². The molecule has 0 aromatic heterocycles. The van der Waals surface area contributed by atoms with Crippen LogP contribution in [0, 0.1) is 5.92 Å². The summed E-state index contributed by atoms with van der Waals surface area (Å²) in [6.07, 6.45) is 0.435. The highest BCUT2D eigenvalue weighted by atomic mass is 16.4. The zero-order chi connectivity index (χ0) is 9.44. The van der Waals surface area contributed by atoms with Crippen molar-refractivity contribution in [2.45, 2.75) is 19.9 Å². The first-order valence-electron chi connectivity index (χ1n) is 3.28. The second-order valence-corrected chi connectivity index (χ2v) is 2.40. The Labute approximate surface area is 66.9 Å². The van der Waals surface area contributed by atoms with Crippen molar-refractivity contribution in [2.75, 3.05) is 0 Å². The number of nitrogens with two attached hydrogens (primary N) is 2. The fourth-order valence-corrected chi connectivity index (χ4v) is 0.272. The maximum Gasteiger partial charge on any atom is 0.402 e. The van der Waals surface area contributed by atoms with E-state index in [1.807, 2.05) is 0 Å². The summed E-state index contributed by atoms with van der Waals surface area (Å²) in [4.78, 5) is 8.78. The molecular formula is C7H16N2O2. The summed E-state index contributed by atoms with van der Waals surface area (Å²) in [7, 11) is 0. The third kappa shape index (κ3) is 17.6. The molecule has 0 aliphatic rings. The Morgan fingerprint density at radius 2 is 1.91 bits per heavy atom. The normalized spacial score (nSPS) is 11.3. The minimum absolute atomic E-state index is 0.167. The van der Waals surface area contributed by atoms with Crippen molar-refractivity contribution in [2.24, 2.45) is 17.4 Å². The highest BCUT2D eigenvalue weighted by molar-refractivity contribution is 5.61. The smallest absolute Gasteiger partial charge is 0.402 e. The first-order chi connectivity index (χ1) is 4.91. The summed E-state index contributed by atoms with van der Waals surface area (Å²) in [6, 6.07) is 0.167. The number of primary amides is 1. The molecule has 0 bridgehead atoms. The fourth-order valence-electron chi connectivity index (χ4n) is 0.272. The van der Waals surface area contributed by atoms with Gasteiger partial charge < -0.3 is 16.6 Å². The molecule has 5 N–H and O–H groups in total. The molecule has 0 aromatic rings. The van der Waals surface area contributed by atoms with Gasteiger partial charge in [-0.15, -0.1) is 6.58 Å². The molecule has 66 valence electrons. The number of amides is 1. The van der Waals surface area contributed by atoms with E-state index >= 15 is 0 Å². The van der Waals surface area contributed by atoms with Gasteiger partial charge in [0.1, 0.15) is 0 Å². The molecule has 0 radical (unpaired) electrons. The molecule has 1 atom stereocenters. The van der Waals surface area contributed by atoms with E-state index in [-0.39, 0.29) is 6.04 Å². The average molecular weight is 160 g/mol. The standard InChI is InChI=1S/C6H13N.CH3NO2/c1-4-6(7)5(2)3;2-1(3)4/h4-6H,1,7H2,2-3H3;2H2,(H,3,4). The lowest BCUT2D eigenvalue weighted by Gasteiger charge is -2.07. The van der Waals surface area contributed by atoms with Crippen molar-refractivity contribution < 1.29 is 9.90 Å². The van der Waals surface area contributed by atoms with E-state index < -0.39 is 6.09 Å². The number of rotatable bonds is 2. The zero-order valence-corrected chi connectivity index (χ0v) is 6.95. The van der Waals surface area contributed by atoms with Crippen molar-refractivity contribution >= 4 is 6.09 Å². The Morgan fingerprint density at radius 1 is 1.64 bits per heavy atom. The Morgan fingerprint density at radius 3 is 1.91 bits per heavy atom. The van der Waals surface area contributed by atoms with Crippen LogP contribution in [0.2, 0.25) is 0 Å². The fraction of sp³-hybridized carbons (Fsp3) is 0.571. The average Bonchev–Trinajstić information content (AvgIpc) is 1.85. The van der Waals surface area contributed by atoms with E-state index in [2.05, 4.69) is 26.2 Å². The summed E-state index contributed by atoms with van der Waals surface area (Å²) in [5.41, 5.74) is 9.53. The first kappa shape index (κ1) is 12.6. The van der Waals surface area contributed by atoms with Gasteiger partial charge in [-0.2, -0.15) is 0 Å². The van der Waals surface area contributed by atoms with E-state index in [0.717, 1.165) is 0 Å². The Kier molecular flexibility index (Phi) is 8.13. The van der Waals surface area contributed by atoms with Gasteiger partial charge in [-0.05, 0) is 5.92 Å². The molecule has 1 unspecified atom stereocenters. The molecule has 4 nitrogen and oxygen atoms in total. The van der Waals surface area contributed by atoms with Crippen molar-refractivity contribution in [3.63, 3.8) is 0 Å². The van der Waals surface area contributed by atoms with E-state index in [4.69, 9.17) is 15.6 Å². The molecule has 1 amide bonds. The summed E-state index contributed by atoms with van der Waals surface area (Å²) in [5, 5.41) is 7.19. The van der Waals surface area contributed by atoms with E-state index in [9.17, 15) is 0 Å². The Bertz CT molecular complexity index is 120. The number of hydrogen-bond acceptors (Lipinski definition) is 2. The highest BCUT2D eigenvalue weighted by Crippen LogP contribution is 1.96. The second kappa shape index (κ2) is 7.08.